The molecule has 0 spiro atoms. The lowest BCUT2D eigenvalue weighted by Crippen LogP contribution is -2.62. The number of carbonyl (C=O) groups is 3. The molecule has 1 aromatic rings. The van der Waals surface area contributed by atoms with Crippen LogP contribution in [0, 0.1) is 12.3 Å². The van der Waals surface area contributed by atoms with Crippen LogP contribution in [0.25, 0.3) is 0 Å². The van der Waals surface area contributed by atoms with E-state index in [9.17, 15) is 14.4 Å². The molecule has 1 saturated heterocycles. The summed E-state index contributed by atoms with van der Waals surface area (Å²) in [6, 6.07) is 4.53. The molecule has 100 valence electrons. The molecule has 0 aromatic heterocycles. The van der Waals surface area contributed by atoms with Gasteiger partial charge < -0.3 is 0 Å². The zero-order chi connectivity index (χ0) is 14.4. The molecule has 4 amide bonds. The monoisotopic (exact) mass is 324 g/mol. The zero-order valence-corrected chi connectivity index (χ0v) is 12.4. The van der Waals surface area contributed by atoms with Crippen LogP contribution in [0.3, 0.4) is 0 Å². The number of anilines is 1. The summed E-state index contributed by atoms with van der Waals surface area (Å²) < 4.78 is 0.762. The van der Waals surface area contributed by atoms with E-state index in [0.717, 1.165) is 14.9 Å². The van der Waals surface area contributed by atoms with Crippen LogP contribution in [0.2, 0.25) is 0 Å². The van der Waals surface area contributed by atoms with Crippen LogP contribution in [0.1, 0.15) is 19.4 Å². The third-order valence-corrected chi connectivity index (χ3v) is 3.47. The van der Waals surface area contributed by atoms with Gasteiger partial charge in [0.25, 0.3) is 0 Å². The fourth-order valence-electron chi connectivity index (χ4n) is 1.86. The maximum atomic E-state index is 12.3. The van der Waals surface area contributed by atoms with E-state index in [1.54, 1.807) is 12.1 Å². The van der Waals surface area contributed by atoms with Crippen LogP contribution >= 0.6 is 15.9 Å². The molecule has 0 unspecified atom stereocenters. The number of carbonyl (C=O) groups excluding carboxylic acids is 3. The minimum atomic E-state index is -1.26. The van der Waals surface area contributed by atoms with Gasteiger partial charge in [-0.25, -0.2) is 9.69 Å². The average molecular weight is 325 g/mol. The van der Waals surface area contributed by atoms with E-state index in [4.69, 9.17) is 0 Å². The molecule has 0 atom stereocenters. The number of nitrogens with zero attached hydrogens (tertiary/aromatic N) is 1. The molecule has 0 bridgehead atoms. The van der Waals surface area contributed by atoms with E-state index < -0.39 is 23.3 Å². The lowest BCUT2D eigenvalue weighted by Gasteiger charge is -2.34. The van der Waals surface area contributed by atoms with E-state index in [1.165, 1.54) is 13.8 Å². The maximum absolute atomic E-state index is 12.3. The van der Waals surface area contributed by atoms with Crippen molar-refractivity contribution in [3.05, 3.63) is 28.2 Å². The van der Waals surface area contributed by atoms with Gasteiger partial charge in [0.15, 0.2) is 0 Å². The summed E-state index contributed by atoms with van der Waals surface area (Å²) in [4.78, 5) is 36.9. The Bertz CT molecular complexity index is 575. The van der Waals surface area contributed by atoms with Crippen LogP contribution in [0.4, 0.5) is 10.5 Å². The SMILES string of the molecule is Cc1cc(Br)cc(N2C(=O)NC(=O)C(C)(C)C2=O)c1. The number of amides is 4. The summed E-state index contributed by atoms with van der Waals surface area (Å²) in [6.45, 7) is 4.85. The first-order valence-corrected chi connectivity index (χ1v) is 6.50. The van der Waals surface area contributed by atoms with Crippen molar-refractivity contribution in [2.45, 2.75) is 20.8 Å². The smallest absolute Gasteiger partial charge is 0.276 e. The Morgan fingerprint density at radius 3 is 2.37 bits per heavy atom. The first kappa shape index (κ1) is 13.7. The Labute approximate surface area is 119 Å². The second kappa shape index (κ2) is 4.45. The second-order valence-corrected chi connectivity index (χ2v) is 5.93. The molecular weight excluding hydrogens is 312 g/mol. The van der Waals surface area contributed by atoms with Gasteiger partial charge in [0.05, 0.1) is 5.69 Å². The number of halogens is 1. The second-order valence-electron chi connectivity index (χ2n) is 5.01. The summed E-state index contributed by atoms with van der Waals surface area (Å²) >= 11 is 3.32. The molecule has 5 nitrogen and oxygen atoms in total. The number of urea groups is 1. The first-order valence-electron chi connectivity index (χ1n) is 5.70. The molecule has 1 N–H and O–H groups in total. The summed E-state index contributed by atoms with van der Waals surface area (Å²) in [6.07, 6.45) is 0. The Balaban J connectivity index is 2.51. The zero-order valence-electron chi connectivity index (χ0n) is 10.8. The number of benzene rings is 1. The Hall–Kier alpha value is -1.69. The number of barbiturate groups is 1. The number of rotatable bonds is 1. The highest BCUT2D eigenvalue weighted by Gasteiger charge is 2.47. The maximum Gasteiger partial charge on any atom is 0.335 e. The van der Waals surface area contributed by atoms with Crippen LogP contribution in [0.15, 0.2) is 22.7 Å². The lowest BCUT2D eigenvalue weighted by molar-refractivity contribution is -0.140. The van der Waals surface area contributed by atoms with Gasteiger partial charge in [0.1, 0.15) is 5.41 Å². The molecule has 1 heterocycles. The van der Waals surface area contributed by atoms with E-state index >= 15 is 0 Å². The molecule has 2 rings (SSSR count). The van der Waals surface area contributed by atoms with Crippen molar-refractivity contribution in [3.8, 4) is 0 Å². The Morgan fingerprint density at radius 2 is 1.79 bits per heavy atom. The molecule has 0 radical (unpaired) electrons. The first-order chi connectivity index (χ1) is 8.73. The van der Waals surface area contributed by atoms with E-state index in [2.05, 4.69) is 21.2 Å². The quantitative estimate of drug-likeness (QED) is 0.806. The normalized spacial score (nSPS) is 18.5. The average Bonchev–Trinajstić information content (AvgIpc) is 2.25. The van der Waals surface area contributed by atoms with Crippen molar-refractivity contribution in [2.75, 3.05) is 4.90 Å². The molecule has 1 aliphatic heterocycles. The van der Waals surface area contributed by atoms with Crippen LogP contribution in [-0.2, 0) is 9.59 Å². The number of aryl methyl sites for hydroxylation is 1. The minimum Gasteiger partial charge on any atom is -0.276 e. The molecule has 0 aliphatic carbocycles. The van der Waals surface area contributed by atoms with Gasteiger partial charge in [0, 0.05) is 4.47 Å². The summed E-state index contributed by atoms with van der Waals surface area (Å²) in [7, 11) is 0. The number of hydrogen-bond acceptors (Lipinski definition) is 3. The van der Waals surface area contributed by atoms with Crippen LogP contribution < -0.4 is 10.2 Å². The van der Waals surface area contributed by atoms with Crippen molar-refractivity contribution >= 4 is 39.5 Å². The van der Waals surface area contributed by atoms with E-state index in [-0.39, 0.29) is 0 Å². The van der Waals surface area contributed by atoms with Crippen molar-refractivity contribution in [3.63, 3.8) is 0 Å². The highest BCUT2D eigenvalue weighted by Crippen LogP contribution is 2.30. The van der Waals surface area contributed by atoms with Crippen LogP contribution in [-0.4, -0.2) is 17.8 Å². The van der Waals surface area contributed by atoms with E-state index in [0.29, 0.717) is 5.69 Å². The number of nitrogens with one attached hydrogen (secondary N) is 1. The van der Waals surface area contributed by atoms with E-state index in [1.807, 2.05) is 13.0 Å². The van der Waals surface area contributed by atoms with Crippen molar-refractivity contribution in [1.29, 1.82) is 0 Å². The van der Waals surface area contributed by atoms with Gasteiger partial charge in [0.2, 0.25) is 11.8 Å². The molecule has 0 saturated carbocycles. The third kappa shape index (κ3) is 2.28. The van der Waals surface area contributed by atoms with Gasteiger partial charge in [-0.1, -0.05) is 15.9 Å². The number of imide groups is 2. The standard InChI is InChI=1S/C13H13BrN2O3/c1-7-4-8(14)6-9(5-7)16-11(18)13(2,3)10(17)15-12(16)19/h4-6H,1-3H3,(H,15,17,19). The fourth-order valence-corrected chi connectivity index (χ4v) is 2.45. The fraction of sp³-hybridized carbons (Fsp3) is 0.308. The molecule has 1 aromatic carbocycles. The van der Waals surface area contributed by atoms with Crippen LogP contribution in [0.5, 0.6) is 0 Å². The molecule has 1 fully saturated rings. The summed E-state index contributed by atoms with van der Waals surface area (Å²) in [5, 5.41) is 2.20. The highest BCUT2D eigenvalue weighted by atomic mass is 79.9. The van der Waals surface area contributed by atoms with Crippen molar-refractivity contribution in [2.24, 2.45) is 5.41 Å². The Morgan fingerprint density at radius 1 is 1.16 bits per heavy atom. The number of hydrogen-bond donors (Lipinski definition) is 1. The predicted octanol–water partition coefficient (Wildman–Crippen LogP) is 2.37. The molecular formula is C13H13BrN2O3. The topological polar surface area (TPSA) is 66.5 Å². The van der Waals surface area contributed by atoms with Gasteiger partial charge in [-0.05, 0) is 44.5 Å². The molecule has 1 aliphatic rings. The van der Waals surface area contributed by atoms with Gasteiger partial charge in [-0.2, -0.15) is 0 Å². The van der Waals surface area contributed by atoms with Crippen molar-refractivity contribution in [1.82, 2.24) is 5.32 Å². The van der Waals surface area contributed by atoms with Gasteiger partial charge >= 0.3 is 6.03 Å². The van der Waals surface area contributed by atoms with Crippen molar-refractivity contribution < 1.29 is 14.4 Å². The van der Waals surface area contributed by atoms with Gasteiger partial charge in [-0.3, -0.25) is 14.9 Å². The highest BCUT2D eigenvalue weighted by molar-refractivity contribution is 9.10. The largest absolute Gasteiger partial charge is 0.335 e. The lowest BCUT2D eigenvalue weighted by atomic mass is 9.88. The summed E-state index contributed by atoms with van der Waals surface area (Å²) in [5.74, 6) is -1.11. The Kier molecular flexibility index (Phi) is 3.22. The summed E-state index contributed by atoms with van der Waals surface area (Å²) in [5.41, 5.74) is 0.0825. The molecule has 19 heavy (non-hydrogen) atoms. The predicted molar refractivity (Wildman–Crippen MR) is 73.7 cm³/mol. The van der Waals surface area contributed by atoms with Gasteiger partial charge in [-0.15, -0.1) is 0 Å². The third-order valence-electron chi connectivity index (χ3n) is 3.01. The minimum absolute atomic E-state index is 0.440. The molecule has 6 heteroatoms.